The van der Waals surface area contributed by atoms with Crippen LogP contribution in [0, 0.1) is 11.3 Å². The molecular weight excluding hydrogens is 425 g/mol. The second kappa shape index (κ2) is 8.07. The molecule has 0 atom stereocenters. The maximum absolute atomic E-state index is 12.7. The minimum atomic E-state index is -0.545. The minimum absolute atomic E-state index is 0.0205. The lowest BCUT2D eigenvalue weighted by atomic mass is 10.1. The highest BCUT2D eigenvalue weighted by Gasteiger charge is 2.34. The van der Waals surface area contributed by atoms with Crippen LogP contribution >= 0.6 is 23.2 Å². The number of carbonyl (C=O) groups is 2. The van der Waals surface area contributed by atoms with Gasteiger partial charge in [0.15, 0.2) is 0 Å². The summed E-state index contributed by atoms with van der Waals surface area (Å²) < 4.78 is 5.76. The van der Waals surface area contributed by atoms with E-state index in [1.807, 2.05) is 0 Å². The first-order valence-electron chi connectivity index (χ1n) is 8.83. The Morgan fingerprint density at radius 1 is 1.07 bits per heavy atom. The number of nitrogens with one attached hydrogen (secondary N) is 1. The third-order valence-electron chi connectivity index (χ3n) is 4.52. The lowest BCUT2D eigenvalue weighted by Gasteiger charge is -2.13. The summed E-state index contributed by atoms with van der Waals surface area (Å²) in [7, 11) is 0. The zero-order valence-electron chi connectivity index (χ0n) is 15.4. The Balaban J connectivity index is 1.53. The number of hydrogen-bond donors (Lipinski definition) is 1. The number of imide groups is 1. The summed E-state index contributed by atoms with van der Waals surface area (Å²) in [6, 6.07) is 16.8. The van der Waals surface area contributed by atoms with Crippen LogP contribution in [0.1, 0.15) is 16.9 Å². The molecule has 4 rings (SSSR count). The summed E-state index contributed by atoms with van der Waals surface area (Å²) in [6.45, 7) is 0.0205. The van der Waals surface area contributed by atoms with Crippen molar-refractivity contribution in [1.29, 1.82) is 5.26 Å². The van der Waals surface area contributed by atoms with Gasteiger partial charge < -0.3 is 9.73 Å². The monoisotopic (exact) mass is 437 g/mol. The Hall–Kier alpha value is -3.53. The van der Waals surface area contributed by atoms with Crippen LogP contribution in [-0.2, 0) is 11.3 Å². The number of benzene rings is 2. The van der Waals surface area contributed by atoms with E-state index in [4.69, 9.17) is 32.9 Å². The van der Waals surface area contributed by atoms with E-state index in [-0.39, 0.29) is 12.2 Å². The Labute approximate surface area is 181 Å². The van der Waals surface area contributed by atoms with Gasteiger partial charge in [0.05, 0.1) is 18.2 Å². The van der Waals surface area contributed by atoms with Crippen molar-refractivity contribution in [3.63, 3.8) is 0 Å². The molecule has 0 spiro atoms. The van der Waals surface area contributed by atoms with Gasteiger partial charge in [-0.3, -0.25) is 9.69 Å². The molecule has 0 bridgehead atoms. The fourth-order valence-corrected chi connectivity index (χ4v) is 3.44. The van der Waals surface area contributed by atoms with Crippen LogP contribution in [-0.4, -0.2) is 16.8 Å². The second-order valence-corrected chi connectivity index (χ2v) is 7.35. The fourth-order valence-electron chi connectivity index (χ4n) is 2.97. The molecule has 1 fully saturated rings. The molecule has 2 aromatic carbocycles. The van der Waals surface area contributed by atoms with Gasteiger partial charge in [0.1, 0.15) is 17.2 Å². The van der Waals surface area contributed by atoms with Gasteiger partial charge in [-0.05, 0) is 54.1 Å². The fraction of sp³-hybridized carbons (Fsp3) is 0.0455. The van der Waals surface area contributed by atoms with Crippen molar-refractivity contribution >= 4 is 41.2 Å². The molecule has 0 radical (unpaired) electrons. The van der Waals surface area contributed by atoms with Gasteiger partial charge in [-0.25, -0.2) is 4.79 Å². The Morgan fingerprint density at radius 3 is 2.53 bits per heavy atom. The maximum atomic E-state index is 12.7. The number of amides is 3. The van der Waals surface area contributed by atoms with Crippen molar-refractivity contribution < 1.29 is 14.0 Å². The molecule has 0 unspecified atom stereocenters. The van der Waals surface area contributed by atoms with Crippen LogP contribution in [0.15, 0.2) is 64.7 Å². The molecule has 6 nitrogen and oxygen atoms in total. The molecule has 3 amide bonds. The van der Waals surface area contributed by atoms with Crippen molar-refractivity contribution in [2.45, 2.75) is 6.54 Å². The van der Waals surface area contributed by atoms with Crippen LogP contribution in [0.3, 0.4) is 0 Å². The quantitative estimate of drug-likeness (QED) is 0.447. The normalized spacial score (nSPS) is 14.8. The van der Waals surface area contributed by atoms with Gasteiger partial charge in [-0.15, -0.1) is 0 Å². The molecule has 8 heteroatoms. The molecule has 30 heavy (non-hydrogen) atoms. The van der Waals surface area contributed by atoms with Crippen molar-refractivity contribution in [3.05, 3.63) is 87.2 Å². The summed E-state index contributed by atoms with van der Waals surface area (Å²) >= 11 is 12.0. The molecule has 0 saturated carbocycles. The number of urea groups is 1. The SMILES string of the molecule is N#Cc1ccc(-c2ccc(C=C3NC(=O)N(Cc4ccc(Cl)cc4Cl)C3=O)o2)cc1. The molecule has 1 N–H and O–H groups in total. The Bertz CT molecular complexity index is 1220. The van der Waals surface area contributed by atoms with Gasteiger partial charge in [-0.1, -0.05) is 29.3 Å². The zero-order valence-corrected chi connectivity index (χ0v) is 16.9. The van der Waals surface area contributed by atoms with E-state index in [0.29, 0.717) is 32.7 Å². The van der Waals surface area contributed by atoms with Crippen molar-refractivity contribution in [2.75, 3.05) is 0 Å². The van der Waals surface area contributed by atoms with Crippen LogP contribution in [0.2, 0.25) is 10.0 Å². The van der Waals surface area contributed by atoms with Crippen molar-refractivity contribution in [3.8, 4) is 17.4 Å². The first kappa shape index (κ1) is 19.8. The molecular formula is C22H13Cl2N3O3. The van der Waals surface area contributed by atoms with Gasteiger partial charge >= 0.3 is 6.03 Å². The smallest absolute Gasteiger partial charge is 0.329 e. The number of furan rings is 1. The Morgan fingerprint density at radius 2 is 1.83 bits per heavy atom. The van der Waals surface area contributed by atoms with Gasteiger partial charge in [0.2, 0.25) is 0 Å². The molecule has 1 aromatic heterocycles. The third-order valence-corrected chi connectivity index (χ3v) is 5.10. The largest absolute Gasteiger partial charge is 0.457 e. The standard InChI is InChI=1S/C22H13Cl2N3O3/c23-16-6-5-15(18(24)9-16)12-27-21(28)19(26-22(27)29)10-17-7-8-20(30-17)14-3-1-13(11-25)2-4-14/h1-10H,12H2,(H,26,29). The van der Waals surface area contributed by atoms with Crippen LogP contribution in [0.4, 0.5) is 4.79 Å². The van der Waals surface area contributed by atoms with Gasteiger partial charge in [0, 0.05) is 21.7 Å². The number of halogens is 2. The topological polar surface area (TPSA) is 86.3 Å². The van der Waals surface area contributed by atoms with Crippen LogP contribution < -0.4 is 5.32 Å². The van der Waals surface area contributed by atoms with E-state index >= 15 is 0 Å². The molecule has 3 aromatic rings. The first-order chi connectivity index (χ1) is 14.4. The van der Waals surface area contributed by atoms with Crippen molar-refractivity contribution in [1.82, 2.24) is 10.2 Å². The average Bonchev–Trinajstić information content (AvgIpc) is 3.30. The summed E-state index contributed by atoms with van der Waals surface area (Å²) in [5.74, 6) is 0.500. The number of carbonyl (C=O) groups excluding carboxylic acids is 2. The number of hydrogen-bond acceptors (Lipinski definition) is 4. The molecule has 148 valence electrons. The summed E-state index contributed by atoms with van der Waals surface area (Å²) in [6.07, 6.45) is 1.47. The van der Waals surface area contributed by atoms with E-state index in [9.17, 15) is 9.59 Å². The summed E-state index contributed by atoms with van der Waals surface area (Å²) in [4.78, 5) is 26.0. The number of rotatable bonds is 4. The van der Waals surface area contributed by atoms with Gasteiger partial charge in [0.25, 0.3) is 5.91 Å². The zero-order chi connectivity index (χ0) is 21.3. The highest BCUT2D eigenvalue weighted by atomic mass is 35.5. The van der Waals surface area contributed by atoms with E-state index in [1.54, 1.807) is 54.6 Å². The average molecular weight is 438 g/mol. The van der Waals surface area contributed by atoms with Crippen LogP contribution in [0.5, 0.6) is 0 Å². The highest BCUT2D eigenvalue weighted by molar-refractivity contribution is 6.35. The number of nitrogens with zero attached hydrogens (tertiary/aromatic N) is 2. The van der Waals surface area contributed by atoms with Crippen LogP contribution in [0.25, 0.3) is 17.4 Å². The summed E-state index contributed by atoms with van der Waals surface area (Å²) in [5, 5.41) is 12.3. The van der Waals surface area contributed by atoms with Gasteiger partial charge in [-0.2, -0.15) is 5.26 Å². The molecule has 1 aliphatic rings. The van der Waals surface area contributed by atoms with E-state index in [2.05, 4.69) is 11.4 Å². The molecule has 2 heterocycles. The second-order valence-electron chi connectivity index (χ2n) is 6.51. The predicted molar refractivity (Wildman–Crippen MR) is 112 cm³/mol. The first-order valence-corrected chi connectivity index (χ1v) is 9.59. The predicted octanol–water partition coefficient (Wildman–Crippen LogP) is 5.22. The lowest BCUT2D eigenvalue weighted by molar-refractivity contribution is -0.123. The summed E-state index contributed by atoms with van der Waals surface area (Å²) in [5.41, 5.74) is 2.05. The van der Waals surface area contributed by atoms with E-state index < -0.39 is 11.9 Å². The molecule has 1 saturated heterocycles. The lowest BCUT2D eigenvalue weighted by Crippen LogP contribution is -2.30. The van der Waals surface area contributed by atoms with E-state index in [1.165, 1.54) is 6.08 Å². The minimum Gasteiger partial charge on any atom is -0.457 e. The molecule has 0 aliphatic carbocycles. The maximum Gasteiger partial charge on any atom is 0.329 e. The highest BCUT2D eigenvalue weighted by Crippen LogP contribution is 2.26. The van der Waals surface area contributed by atoms with Crippen molar-refractivity contribution in [2.24, 2.45) is 0 Å². The number of nitriles is 1. The Kier molecular flexibility index (Phi) is 5.32. The molecule has 1 aliphatic heterocycles. The third kappa shape index (κ3) is 3.94. The van der Waals surface area contributed by atoms with E-state index in [0.717, 1.165) is 10.5 Å².